The molecule has 0 saturated carbocycles. The van der Waals surface area contributed by atoms with Crippen LogP contribution in [0.15, 0.2) is 0 Å². The second-order valence-corrected chi connectivity index (χ2v) is 4.55. The highest BCUT2D eigenvalue weighted by Gasteiger charge is 2.31. The molecular formula is C10H20N2O. The van der Waals surface area contributed by atoms with Crippen molar-refractivity contribution in [2.45, 2.75) is 37.8 Å². The Balaban J connectivity index is 1.81. The second kappa shape index (κ2) is 3.95. The molecule has 2 heterocycles. The van der Waals surface area contributed by atoms with E-state index in [0.717, 1.165) is 26.3 Å². The molecule has 2 saturated heterocycles. The van der Waals surface area contributed by atoms with E-state index in [4.69, 9.17) is 4.74 Å². The Morgan fingerprint density at radius 1 is 1.54 bits per heavy atom. The predicted molar refractivity (Wildman–Crippen MR) is 52.9 cm³/mol. The maximum atomic E-state index is 5.45. The molecule has 2 aliphatic heterocycles. The lowest BCUT2D eigenvalue weighted by molar-refractivity contribution is 0.0604. The summed E-state index contributed by atoms with van der Waals surface area (Å²) >= 11 is 0. The van der Waals surface area contributed by atoms with Crippen molar-refractivity contribution in [1.82, 2.24) is 10.6 Å². The van der Waals surface area contributed by atoms with E-state index in [0.29, 0.717) is 11.6 Å². The minimum Gasteiger partial charge on any atom is -0.380 e. The third-order valence-corrected chi connectivity index (χ3v) is 3.08. The summed E-state index contributed by atoms with van der Waals surface area (Å²) < 4.78 is 5.45. The van der Waals surface area contributed by atoms with Crippen molar-refractivity contribution >= 4 is 0 Å². The van der Waals surface area contributed by atoms with Gasteiger partial charge in [-0.05, 0) is 32.7 Å². The summed E-state index contributed by atoms with van der Waals surface area (Å²) in [7, 11) is 0. The van der Waals surface area contributed by atoms with Crippen LogP contribution in [0.1, 0.15) is 26.2 Å². The molecule has 3 nitrogen and oxygen atoms in total. The lowest BCUT2D eigenvalue weighted by Crippen LogP contribution is -2.52. The average molecular weight is 184 g/mol. The topological polar surface area (TPSA) is 33.3 Å². The molecule has 2 aliphatic rings. The molecule has 2 unspecified atom stereocenters. The smallest absolute Gasteiger partial charge is 0.0619 e. The van der Waals surface area contributed by atoms with E-state index in [9.17, 15) is 0 Å². The van der Waals surface area contributed by atoms with Gasteiger partial charge in [0.15, 0.2) is 0 Å². The fourth-order valence-electron chi connectivity index (χ4n) is 2.29. The number of ether oxygens (including phenoxy) is 1. The van der Waals surface area contributed by atoms with Crippen LogP contribution in [0.4, 0.5) is 0 Å². The van der Waals surface area contributed by atoms with Gasteiger partial charge in [0.1, 0.15) is 0 Å². The van der Waals surface area contributed by atoms with Crippen LogP contribution in [-0.2, 0) is 4.74 Å². The zero-order valence-corrected chi connectivity index (χ0v) is 8.44. The number of hydrogen-bond acceptors (Lipinski definition) is 3. The molecular weight excluding hydrogens is 164 g/mol. The molecule has 0 bridgehead atoms. The van der Waals surface area contributed by atoms with Gasteiger partial charge in [0, 0.05) is 24.7 Å². The van der Waals surface area contributed by atoms with Crippen LogP contribution < -0.4 is 10.6 Å². The fourth-order valence-corrected chi connectivity index (χ4v) is 2.29. The molecule has 13 heavy (non-hydrogen) atoms. The third-order valence-electron chi connectivity index (χ3n) is 3.08. The average Bonchev–Trinajstić information content (AvgIpc) is 2.54. The number of hydrogen-bond donors (Lipinski definition) is 2. The summed E-state index contributed by atoms with van der Waals surface area (Å²) in [5, 5.41) is 7.11. The minimum atomic E-state index is 0.311. The lowest BCUT2D eigenvalue weighted by atomic mass is 9.98. The van der Waals surface area contributed by atoms with Crippen molar-refractivity contribution in [3.8, 4) is 0 Å². The molecule has 2 atom stereocenters. The van der Waals surface area contributed by atoms with E-state index in [-0.39, 0.29) is 0 Å². The third kappa shape index (κ3) is 2.42. The van der Waals surface area contributed by atoms with E-state index >= 15 is 0 Å². The summed E-state index contributed by atoms with van der Waals surface area (Å²) in [6.45, 7) is 6.41. The quantitative estimate of drug-likeness (QED) is 0.656. The first-order valence-corrected chi connectivity index (χ1v) is 5.35. The molecule has 0 radical (unpaired) electrons. The standard InChI is InChI=1S/C10H20N2O/c1-10(4-5-11-8-10)12-9-3-2-6-13-7-9/h9,11-12H,2-8H2,1H3. The maximum Gasteiger partial charge on any atom is 0.0619 e. The van der Waals surface area contributed by atoms with Crippen molar-refractivity contribution < 1.29 is 4.74 Å². The highest BCUT2D eigenvalue weighted by Crippen LogP contribution is 2.17. The number of rotatable bonds is 2. The highest BCUT2D eigenvalue weighted by molar-refractivity contribution is 4.94. The van der Waals surface area contributed by atoms with Gasteiger partial charge in [0.25, 0.3) is 0 Å². The van der Waals surface area contributed by atoms with Crippen LogP contribution in [-0.4, -0.2) is 37.9 Å². The van der Waals surface area contributed by atoms with Gasteiger partial charge < -0.3 is 15.4 Å². The maximum absolute atomic E-state index is 5.45. The molecule has 0 aromatic rings. The fraction of sp³-hybridized carbons (Fsp3) is 1.00. The lowest BCUT2D eigenvalue weighted by Gasteiger charge is -2.33. The van der Waals surface area contributed by atoms with Crippen LogP contribution in [0.5, 0.6) is 0 Å². The number of nitrogens with one attached hydrogen (secondary N) is 2. The second-order valence-electron chi connectivity index (χ2n) is 4.55. The molecule has 0 aromatic heterocycles. The molecule has 2 rings (SSSR count). The Hall–Kier alpha value is -0.120. The summed E-state index contributed by atoms with van der Waals surface area (Å²) in [6, 6.07) is 0.582. The highest BCUT2D eigenvalue weighted by atomic mass is 16.5. The zero-order valence-electron chi connectivity index (χ0n) is 8.44. The molecule has 0 amide bonds. The molecule has 0 aromatic carbocycles. The monoisotopic (exact) mass is 184 g/mol. The van der Waals surface area contributed by atoms with Gasteiger partial charge in [-0.1, -0.05) is 0 Å². The van der Waals surface area contributed by atoms with Gasteiger partial charge in [-0.15, -0.1) is 0 Å². The van der Waals surface area contributed by atoms with Crippen LogP contribution in [0.2, 0.25) is 0 Å². The van der Waals surface area contributed by atoms with Gasteiger partial charge in [0.05, 0.1) is 6.61 Å². The normalized spacial score (nSPS) is 40.8. The van der Waals surface area contributed by atoms with Crippen LogP contribution in [0, 0.1) is 0 Å². The van der Waals surface area contributed by atoms with Gasteiger partial charge in [-0.2, -0.15) is 0 Å². The van der Waals surface area contributed by atoms with Gasteiger partial charge in [-0.3, -0.25) is 0 Å². The van der Waals surface area contributed by atoms with Crippen LogP contribution in [0.3, 0.4) is 0 Å². The summed E-state index contributed by atoms with van der Waals surface area (Å²) in [6.07, 6.45) is 3.72. The van der Waals surface area contributed by atoms with E-state index in [1.54, 1.807) is 0 Å². The Morgan fingerprint density at radius 2 is 2.46 bits per heavy atom. The van der Waals surface area contributed by atoms with Crippen molar-refractivity contribution in [3.05, 3.63) is 0 Å². The van der Waals surface area contributed by atoms with Crippen LogP contribution in [0.25, 0.3) is 0 Å². The minimum absolute atomic E-state index is 0.311. The Bertz CT molecular complexity index is 160. The molecule has 2 fully saturated rings. The molecule has 0 aliphatic carbocycles. The molecule has 76 valence electrons. The Morgan fingerprint density at radius 3 is 3.08 bits per heavy atom. The van der Waals surface area contributed by atoms with E-state index in [2.05, 4.69) is 17.6 Å². The van der Waals surface area contributed by atoms with Crippen molar-refractivity contribution in [1.29, 1.82) is 0 Å². The first-order chi connectivity index (χ1) is 6.29. The summed E-state index contributed by atoms with van der Waals surface area (Å²) in [4.78, 5) is 0. The Labute approximate surface area is 80.2 Å². The van der Waals surface area contributed by atoms with E-state index in [1.165, 1.54) is 19.3 Å². The SMILES string of the molecule is CC1(NC2CCCOC2)CCNC1. The van der Waals surface area contributed by atoms with Gasteiger partial charge >= 0.3 is 0 Å². The summed E-state index contributed by atoms with van der Waals surface area (Å²) in [5.74, 6) is 0. The Kier molecular flexibility index (Phi) is 2.86. The molecule has 0 spiro atoms. The molecule has 2 N–H and O–H groups in total. The van der Waals surface area contributed by atoms with E-state index < -0.39 is 0 Å². The van der Waals surface area contributed by atoms with Crippen LogP contribution >= 0.6 is 0 Å². The van der Waals surface area contributed by atoms with Crippen molar-refractivity contribution in [3.63, 3.8) is 0 Å². The summed E-state index contributed by atoms with van der Waals surface area (Å²) in [5.41, 5.74) is 0.311. The van der Waals surface area contributed by atoms with Gasteiger partial charge in [0.2, 0.25) is 0 Å². The predicted octanol–water partition coefficient (Wildman–Crippen LogP) is 0.507. The van der Waals surface area contributed by atoms with Crippen molar-refractivity contribution in [2.75, 3.05) is 26.3 Å². The first kappa shape index (κ1) is 9.44. The largest absolute Gasteiger partial charge is 0.380 e. The first-order valence-electron chi connectivity index (χ1n) is 5.35. The van der Waals surface area contributed by atoms with E-state index in [1.807, 2.05) is 0 Å². The van der Waals surface area contributed by atoms with Gasteiger partial charge in [-0.25, -0.2) is 0 Å². The zero-order chi connectivity index (χ0) is 9.15. The molecule has 3 heteroatoms. The van der Waals surface area contributed by atoms with Crippen molar-refractivity contribution in [2.24, 2.45) is 0 Å².